The Kier molecular flexibility index (Phi) is 6.64. The Labute approximate surface area is 222 Å². The van der Waals surface area contributed by atoms with Gasteiger partial charge in [0.25, 0.3) is 0 Å². The van der Waals surface area contributed by atoms with Crippen LogP contribution in [0.4, 0.5) is 4.79 Å². The Hall–Kier alpha value is -3.13. The maximum atomic E-state index is 12.4. The van der Waals surface area contributed by atoms with Crippen LogP contribution in [0.2, 0.25) is 0 Å². The lowest BCUT2D eigenvalue weighted by Gasteiger charge is -2.32. The first-order valence-electron chi connectivity index (χ1n) is 13.1. The van der Waals surface area contributed by atoms with Gasteiger partial charge in [-0.05, 0) is 88.1 Å². The fourth-order valence-corrected chi connectivity index (χ4v) is 6.41. The van der Waals surface area contributed by atoms with Crippen molar-refractivity contribution in [2.24, 2.45) is 5.92 Å². The second kappa shape index (κ2) is 9.63. The molecule has 8 heteroatoms. The molecule has 0 bridgehead atoms. The van der Waals surface area contributed by atoms with Crippen molar-refractivity contribution in [2.75, 3.05) is 13.1 Å². The van der Waals surface area contributed by atoms with Gasteiger partial charge in [-0.15, -0.1) is 11.3 Å². The molecule has 1 aliphatic heterocycles. The van der Waals surface area contributed by atoms with Crippen molar-refractivity contribution >= 4 is 39.4 Å². The second-order valence-corrected chi connectivity index (χ2v) is 12.5. The Bertz CT molecular complexity index is 1480. The summed E-state index contributed by atoms with van der Waals surface area (Å²) in [4.78, 5) is 24.8. The van der Waals surface area contributed by atoms with Crippen molar-refractivity contribution in [3.05, 3.63) is 46.2 Å². The number of allylic oxidation sites excluding steroid dienone is 1. The number of fused-ring (bicyclic) bond motifs is 2. The van der Waals surface area contributed by atoms with Crippen LogP contribution in [0.5, 0.6) is 0 Å². The number of carbonyl (C=O) groups is 1. The Morgan fingerprint density at radius 1 is 1.24 bits per heavy atom. The first kappa shape index (κ1) is 25.5. The van der Waals surface area contributed by atoms with Crippen molar-refractivity contribution in [1.29, 1.82) is 0 Å². The summed E-state index contributed by atoms with van der Waals surface area (Å²) in [6.07, 6.45) is 10.0. The summed E-state index contributed by atoms with van der Waals surface area (Å²) in [5.41, 5.74) is 6.54. The average Bonchev–Trinajstić information content (AvgIpc) is 3.52. The number of amides is 1. The van der Waals surface area contributed by atoms with Crippen LogP contribution in [0.1, 0.15) is 74.9 Å². The first-order chi connectivity index (χ1) is 17.5. The number of likely N-dealkylation sites (tertiary alicyclic amines) is 1. The summed E-state index contributed by atoms with van der Waals surface area (Å²) in [5, 5.41) is 5.71. The third-order valence-electron chi connectivity index (χ3n) is 7.10. The van der Waals surface area contributed by atoms with E-state index in [0.29, 0.717) is 11.8 Å². The van der Waals surface area contributed by atoms with E-state index < -0.39 is 5.60 Å². The van der Waals surface area contributed by atoms with Gasteiger partial charge in [0.2, 0.25) is 0 Å². The summed E-state index contributed by atoms with van der Waals surface area (Å²) in [5.74, 6) is 0.842. The molecule has 1 aliphatic rings. The highest BCUT2D eigenvalue weighted by Crippen LogP contribution is 2.42. The van der Waals surface area contributed by atoms with Crippen LogP contribution < -0.4 is 0 Å². The zero-order valence-electron chi connectivity index (χ0n) is 22.9. The van der Waals surface area contributed by atoms with Gasteiger partial charge in [-0.1, -0.05) is 19.9 Å². The number of hydrogen-bond donors (Lipinski definition) is 1. The Balaban J connectivity index is 1.37. The maximum absolute atomic E-state index is 12.4. The molecule has 5 heterocycles. The highest BCUT2D eigenvalue weighted by Gasteiger charge is 2.26. The number of rotatable bonds is 4. The molecule has 0 aliphatic carbocycles. The van der Waals surface area contributed by atoms with E-state index in [2.05, 4.69) is 67.2 Å². The smallest absolute Gasteiger partial charge is 0.410 e. The third-order valence-corrected chi connectivity index (χ3v) is 8.27. The zero-order chi connectivity index (χ0) is 26.5. The quantitative estimate of drug-likeness (QED) is 0.306. The highest BCUT2D eigenvalue weighted by molar-refractivity contribution is 7.19. The molecule has 1 saturated heterocycles. The minimum atomic E-state index is -0.454. The summed E-state index contributed by atoms with van der Waals surface area (Å²) >= 11 is 1.82. The van der Waals surface area contributed by atoms with Gasteiger partial charge < -0.3 is 14.6 Å². The van der Waals surface area contributed by atoms with E-state index in [1.807, 2.05) is 41.5 Å². The number of nitrogens with one attached hydrogen (secondary N) is 1. The highest BCUT2D eigenvalue weighted by atomic mass is 32.1. The van der Waals surface area contributed by atoms with E-state index in [4.69, 9.17) is 4.74 Å². The average molecular weight is 520 g/mol. The van der Waals surface area contributed by atoms with Crippen LogP contribution in [0.3, 0.4) is 0 Å². The molecule has 0 aromatic carbocycles. The first-order valence-corrected chi connectivity index (χ1v) is 13.9. The maximum Gasteiger partial charge on any atom is 0.410 e. The molecule has 7 nitrogen and oxygen atoms in total. The number of H-pyrrole nitrogens is 1. The lowest BCUT2D eigenvalue weighted by atomic mass is 9.94. The van der Waals surface area contributed by atoms with E-state index >= 15 is 0 Å². The number of aromatic amines is 1. The molecular weight excluding hydrogens is 482 g/mol. The molecule has 196 valence electrons. The lowest BCUT2D eigenvalue weighted by Crippen LogP contribution is -2.41. The summed E-state index contributed by atoms with van der Waals surface area (Å²) in [6, 6.07) is 2.20. The topological polar surface area (TPSA) is 75.5 Å². The predicted octanol–water partition coefficient (Wildman–Crippen LogP) is 7.34. The molecule has 0 radical (unpaired) electrons. The van der Waals surface area contributed by atoms with Crippen LogP contribution >= 0.6 is 11.3 Å². The van der Waals surface area contributed by atoms with Crippen LogP contribution in [0, 0.1) is 19.8 Å². The fourth-order valence-electron chi connectivity index (χ4n) is 5.27. The zero-order valence-corrected chi connectivity index (χ0v) is 23.7. The van der Waals surface area contributed by atoms with Gasteiger partial charge >= 0.3 is 6.09 Å². The van der Waals surface area contributed by atoms with Crippen LogP contribution in [-0.4, -0.2) is 49.3 Å². The fraction of sp³-hybridized carbons (Fsp3) is 0.483. The van der Waals surface area contributed by atoms with Crippen LogP contribution in [0.15, 0.2) is 24.7 Å². The normalized spacial score (nSPS) is 15.6. The summed E-state index contributed by atoms with van der Waals surface area (Å²) < 4.78 is 7.40. The van der Waals surface area contributed by atoms with Crippen molar-refractivity contribution in [1.82, 2.24) is 24.5 Å². The number of nitrogens with zero attached hydrogens (tertiary/aromatic N) is 4. The molecule has 4 aromatic heterocycles. The molecule has 0 atom stereocenters. The van der Waals surface area contributed by atoms with Gasteiger partial charge in [-0.2, -0.15) is 5.10 Å². The molecule has 0 saturated carbocycles. The monoisotopic (exact) mass is 519 g/mol. The van der Waals surface area contributed by atoms with Crippen LogP contribution in [-0.2, 0) is 4.74 Å². The second-order valence-electron chi connectivity index (χ2n) is 11.5. The van der Waals surface area contributed by atoms with Gasteiger partial charge in [-0.25, -0.2) is 14.3 Å². The summed E-state index contributed by atoms with van der Waals surface area (Å²) in [7, 11) is 0. The molecule has 0 spiro atoms. The van der Waals surface area contributed by atoms with Gasteiger partial charge in [0.1, 0.15) is 16.8 Å². The van der Waals surface area contributed by atoms with Crippen LogP contribution in [0.25, 0.3) is 33.2 Å². The van der Waals surface area contributed by atoms with E-state index in [1.54, 1.807) is 6.33 Å². The predicted molar refractivity (Wildman–Crippen MR) is 151 cm³/mol. The molecule has 4 aromatic rings. The molecule has 1 fully saturated rings. The number of pyridine rings is 1. The number of piperidine rings is 1. The standard InChI is InChI=1S/C29H37N5O2S/c1-17(2)23-24-19(4)22(9-8-20-10-12-33(13-11-20)28(35)36-29(5,6)7)37-27(24)32-25(23)21-14-18(3)26-30-16-31-34(26)15-21/h8-9,14-17,20,32H,10-13H2,1-7H3/b9-8+. The number of thiophene rings is 1. The largest absolute Gasteiger partial charge is 0.444 e. The minimum absolute atomic E-state index is 0.200. The SMILES string of the molecule is Cc1c(/C=C/C2CCN(C(=O)OC(C)(C)C)CC2)sc2[nH]c(-c3cc(C)c4ncnn4c3)c(C(C)C)c12. The molecule has 1 amide bonds. The number of carbonyl (C=O) groups excluding carboxylic acids is 1. The Morgan fingerprint density at radius 3 is 2.65 bits per heavy atom. The van der Waals surface area contributed by atoms with Gasteiger partial charge in [0.05, 0.1) is 5.69 Å². The number of ether oxygens (including phenoxy) is 1. The molecule has 5 rings (SSSR count). The van der Waals surface area contributed by atoms with Gasteiger partial charge in [-0.3, -0.25) is 0 Å². The summed E-state index contributed by atoms with van der Waals surface area (Å²) in [6.45, 7) is 16.1. The Morgan fingerprint density at radius 2 is 1.97 bits per heavy atom. The van der Waals surface area contributed by atoms with E-state index in [9.17, 15) is 4.79 Å². The number of aryl methyl sites for hydroxylation is 2. The molecule has 37 heavy (non-hydrogen) atoms. The van der Waals surface area contributed by atoms with Crippen molar-refractivity contribution in [3.63, 3.8) is 0 Å². The third kappa shape index (κ3) is 5.04. The van der Waals surface area contributed by atoms with Gasteiger partial charge in [0, 0.05) is 35.1 Å². The van der Waals surface area contributed by atoms with Crippen molar-refractivity contribution < 1.29 is 9.53 Å². The molecule has 0 unspecified atom stereocenters. The van der Waals surface area contributed by atoms with E-state index in [-0.39, 0.29) is 6.09 Å². The van der Waals surface area contributed by atoms with E-state index in [1.165, 1.54) is 31.9 Å². The minimum Gasteiger partial charge on any atom is -0.444 e. The number of aromatic nitrogens is 4. The van der Waals surface area contributed by atoms with Crippen molar-refractivity contribution in [2.45, 2.75) is 72.8 Å². The molecular formula is C29H37N5O2S. The lowest BCUT2D eigenvalue weighted by molar-refractivity contribution is 0.0197. The van der Waals surface area contributed by atoms with E-state index in [0.717, 1.165) is 42.7 Å². The number of hydrogen-bond acceptors (Lipinski definition) is 5. The molecule has 1 N–H and O–H groups in total. The van der Waals surface area contributed by atoms with Crippen molar-refractivity contribution in [3.8, 4) is 11.3 Å². The van der Waals surface area contributed by atoms with Gasteiger partial charge in [0.15, 0.2) is 5.65 Å².